The van der Waals surface area contributed by atoms with Crippen molar-refractivity contribution in [3.63, 3.8) is 0 Å². The van der Waals surface area contributed by atoms with Gasteiger partial charge < -0.3 is 14.4 Å². The van der Waals surface area contributed by atoms with Crippen LogP contribution in [-0.2, 0) is 6.61 Å². The Labute approximate surface area is 100 Å². The van der Waals surface area contributed by atoms with Gasteiger partial charge in [0.2, 0.25) is 0 Å². The number of hydrogen-bond donors (Lipinski definition) is 1. The van der Waals surface area contributed by atoms with Crippen LogP contribution >= 0.6 is 0 Å². The van der Waals surface area contributed by atoms with E-state index in [4.69, 9.17) is 4.74 Å². The van der Waals surface area contributed by atoms with E-state index in [2.05, 4.69) is 18.8 Å². The van der Waals surface area contributed by atoms with Crippen LogP contribution in [0.2, 0.25) is 0 Å². The van der Waals surface area contributed by atoms with Crippen molar-refractivity contribution in [3.05, 3.63) is 42.5 Å². The number of aromatic nitrogens is 2. The maximum absolute atomic E-state index is 9.29. The average Bonchev–Trinajstić information content (AvgIpc) is 2.75. The van der Waals surface area contributed by atoms with E-state index in [-0.39, 0.29) is 5.75 Å². The van der Waals surface area contributed by atoms with Crippen LogP contribution in [0, 0.1) is 0 Å². The van der Waals surface area contributed by atoms with E-state index in [0.29, 0.717) is 18.4 Å². The zero-order valence-electron chi connectivity index (χ0n) is 10.00. The van der Waals surface area contributed by atoms with Crippen LogP contribution in [0.25, 0.3) is 0 Å². The van der Waals surface area contributed by atoms with Gasteiger partial charge in [-0.05, 0) is 26.0 Å². The third kappa shape index (κ3) is 3.00. The predicted molar refractivity (Wildman–Crippen MR) is 65.1 cm³/mol. The summed E-state index contributed by atoms with van der Waals surface area (Å²) in [5.41, 5.74) is 0.877. The summed E-state index contributed by atoms with van der Waals surface area (Å²) in [6, 6.07) is 7.15. The van der Waals surface area contributed by atoms with Gasteiger partial charge in [-0.15, -0.1) is 0 Å². The minimum Gasteiger partial charge on any atom is -0.508 e. The number of rotatable bonds is 4. The first-order chi connectivity index (χ1) is 8.15. The molecule has 4 nitrogen and oxygen atoms in total. The summed E-state index contributed by atoms with van der Waals surface area (Å²) in [7, 11) is 0. The minimum absolute atomic E-state index is 0.204. The molecule has 17 heavy (non-hydrogen) atoms. The smallest absolute Gasteiger partial charge is 0.132 e. The summed E-state index contributed by atoms with van der Waals surface area (Å²) in [5.74, 6) is 0.847. The Morgan fingerprint density at radius 3 is 2.88 bits per heavy atom. The highest BCUT2D eigenvalue weighted by atomic mass is 16.5. The number of imidazole rings is 1. The first-order valence-electron chi connectivity index (χ1n) is 5.59. The fraction of sp³-hybridized carbons (Fsp3) is 0.308. The van der Waals surface area contributed by atoms with Gasteiger partial charge in [0.15, 0.2) is 0 Å². The molecular formula is C13H16N2O2. The van der Waals surface area contributed by atoms with Crippen molar-refractivity contribution in [1.29, 1.82) is 0 Å². The number of hydrogen-bond acceptors (Lipinski definition) is 3. The quantitative estimate of drug-likeness (QED) is 0.881. The molecule has 0 aliphatic heterocycles. The molecule has 1 aromatic carbocycles. The molecule has 1 aromatic heterocycles. The molecule has 2 aromatic rings. The summed E-state index contributed by atoms with van der Waals surface area (Å²) < 4.78 is 7.56. The molecule has 4 heteroatoms. The second kappa shape index (κ2) is 4.91. The molecule has 0 amide bonds. The second-order valence-electron chi connectivity index (χ2n) is 4.19. The van der Waals surface area contributed by atoms with Crippen LogP contribution in [0.5, 0.6) is 11.5 Å². The number of nitrogens with zero attached hydrogens (tertiary/aromatic N) is 2. The lowest BCUT2D eigenvalue weighted by Gasteiger charge is -2.05. The maximum Gasteiger partial charge on any atom is 0.132 e. The number of aromatic hydroxyl groups is 1. The molecule has 0 aliphatic carbocycles. The van der Waals surface area contributed by atoms with Gasteiger partial charge in [0, 0.05) is 18.3 Å². The zero-order valence-corrected chi connectivity index (χ0v) is 10.00. The first kappa shape index (κ1) is 11.5. The first-order valence-corrected chi connectivity index (χ1v) is 5.59. The van der Waals surface area contributed by atoms with Gasteiger partial charge in [0.25, 0.3) is 0 Å². The van der Waals surface area contributed by atoms with Crippen molar-refractivity contribution >= 4 is 0 Å². The number of phenols is 1. The van der Waals surface area contributed by atoms with E-state index in [9.17, 15) is 5.11 Å². The van der Waals surface area contributed by atoms with Crippen molar-refractivity contribution < 1.29 is 9.84 Å². The minimum atomic E-state index is 0.204. The summed E-state index contributed by atoms with van der Waals surface area (Å²) in [5, 5.41) is 9.29. The van der Waals surface area contributed by atoms with Gasteiger partial charge in [-0.3, -0.25) is 0 Å². The number of benzene rings is 1. The largest absolute Gasteiger partial charge is 0.508 e. The van der Waals surface area contributed by atoms with Gasteiger partial charge >= 0.3 is 0 Å². The van der Waals surface area contributed by atoms with Crippen LogP contribution in [0.4, 0.5) is 0 Å². The Morgan fingerprint density at radius 2 is 2.24 bits per heavy atom. The van der Waals surface area contributed by atoms with E-state index < -0.39 is 0 Å². The highest BCUT2D eigenvalue weighted by Gasteiger charge is 2.02. The zero-order chi connectivity index (χ0) is 12.3. The van der Waals surface area contributed by atoms with E-state index >= 15 is 0 Å². The molecule has 0 spiro atoms. The molecule has 0 radical (unpaired) electrons. The summed E-state index contributed by atoms with van der Waals surface area (Å²) in [4.78, 5) is 4.25. The normalized spacial score (nSPS) is 10.8. The van der Waals surface area contributed by atoms with E-state index in [1.165, 1.54) is 0 Å². The van der Waals surface area contributed by atoms with Crippen molar-refractivity contribution in [2.24, 2.45) is 0 Å². The Bertz CT molecular complexity index is 492. The van der Waals surface area contributed by atoms with E-state index in [1.807, 2.05) is 10.8 Å². The fourth-order valence-corrected chi connectivity index (χ4v) is 1.47. The van der Waals surface area contributed by atoms with Crippen LogP contribution < -0.4 is 4.74 Å². The molecule has 0 fully saturated rings. The molecule has 0 aliphatic rings. The summed E-state index contributed by atoms with van der Waals surface area (Å²) in [6.07, 6.45) is 3.76. The van der Waals surface area contributed by atoms with Gasteiger partial charge in [-0.2, -0.15) is 0 Å². The predicted octanol–water partition coefficient (Wildman–Crippen LogP) is 2.75. The average molecular weight is 232 g/mol. The third-order valence-electron chi connectivity index (χ3n) is 2.46. The second-order valence-corrected chi connectivity index (χ2v) is 4.19. The lowest BCUT2D eigenvalue weighted by atomic mass is 10.3. The van der Waals surface area contributed by atoms with Crippen molar-refractivity contribution in [3.8, 4) is 11.5 Å². The molecule has 0 atom stereocenters. The lowest BCUT2D eigenvalue weighted by molar-refractivity contribution is 0.300. The van der Waals surface area contributed by atoms with Gasteiger partial charge in [-0.1, -0.05) is 6.07 Å². The SMILES string of the molecule is CC(C)n1cnc(COc2cccc(O)c2)c1. The van der Waals surface area contributed by atoms with E-state index in [1.54, 1.807) is 30.6 Å². The van der Waals surface area contributed by atoms with Crippen molar-refractivity contribution in [1.82, 2.24) is 9.55 Å². The van der Waals surface area contributed by atoms with Crippen LogP contribution in [0.3, 0.4) is 0 Å². The lowest BCUT2D eigenvalue weighted by Crippen LogP contribution is -1.97. The standard InChI is InChI=1S/C13H16N2O2/c1-10(2)15-7-11(14-9-15)8-17-13-5-3-4-12(16)6-13/h3-7,9-10,16H,8H2,1-2H3. The molecule has 0 saturated heterocycles. The molecular weight excluding hydrogens is 216 g/mol. The van der Waals surface area contributed by atoms with Gasteiger partial charge in [0.05, 0.1) is 12.0 Å². The van der Waals surface area contributed by atoms with Gasteiger partial charge in [-0.25, -0.2) is 4.98 Å². The third-order valence-corrected chi connectivity index (χ3v) is 2.46. The highest BCUT2D eigenvalue weighted by Crippen LogP contribution is 2.18. The number of phenolic OH excluding ortho intramolecular Hbond substituents is 1. The molecule has 0 unspecified atom stereocenters. The molecule has 1 heterocycles. The van der Waals surface area contributed by atoms with Crippen molar-refractivity contribution in [2.75, 3.05) is 0 Å². The highest BCUT2D eigenvalue weighted by molar-refractivity contribution is 5.31. The Kier molecular flexibility index (Phi) is 3.32. The topological polar surface area (TPSA) is 47.3 Å². The van der Waals surface area contributed by atoms with Crippen LogP contribution in [-0.4, -0.2) is 14.7 Å². The van der Waals surface area contributed by atoms with Crippen LogP contribution in [0.15, 0.2) is 36.8 Å². The Balaban J connectivity index is 1.97. The molecule has 0 saturated carbocycles. The molecule has 1 N–H and O–H groups in total. The fourth-order valence-electron chi connectivity index (χ4n) is 1.47. The Hall–Kier alpha value is -1.97. The maximum atomic E-state index is 9.29. The summed E-state index contributed by atoms with van der Waals surface area (Å²) in [6.45, 7) is 4.60. The van der Waals surface area contributed by atoms with Gasteiger partial charge in [0.1, 0.15) is 18.1 Å². The van der Waals surface area contributed by atoms with Crippen LogP contribution in [0.1, 0.15) is 25.6 Å². The summed E-state index contributed by atoms with van der Waals surface area (Å²) >= 11 is 0. The number of ether oxygens (including phenoxy) is 1. The molecule has 2 rings (SSSR count). The molecule has 0 bridgehead atoms. The van der Waals surface area contributed by atoms with E-state index in [0.717, 1.165) is 5.69 Å². The van der Waals surface area contributed by atoms with Crippen molar-refractivity contribution in [2.45, 2.75) is 26.5 Å². The Morgan fingerprint density at radius 1 is 1.41 bits per heavy atom. The molecule has 90 valence electrons. The monoisotopic (exact) mass is 232 g/mol.